The molecular formula is C23H23NO3. The number of amides is 1. The zero-order valence-corrected chi connectivity index (χ0v) is 15.4. The van der Waals surface area contributed by atoms with Gasteiger partial charge in [0.25, 0.3) is 5.91 Å². The summed E-state index contributed by atoms with van der Waals surface area (Å²) in [5.74, 6) is 0.702. The van der Waals surface area contributed by atoms with Gasteiger partial charge in [0, 0.05) is 19.2 Å². The molecule has 1 N–H and O–H groups in total. The Kier molecular flexibility index (Phi) is 6.61. The first-order valence-corrected chi connectivity index (χ1v) is 8.90. The molecule has 138 valence electrons. The van der Waals surface area contributed by atoms with Crippen LogP contribution in [0.2, 0.25) is 0 Å². The number of benzene rings is 3. The average molecular weight is 361 g/mol. The van der Waals surface area contributed by atoms with Crippen molar-refractivity contribution in [3.63, 3.8) is 0 Å². The molecule has 3 aromatic rings. The van der Waals surface area contributed by atoms with Crippen LogP contribution in [0.25, 0.3) is 11.1 Å². The van der Waals surface area contributed by atoms with Crippen LogP contribution in [0.4, 0.5) is 0 Å². The van der Waals surface area contributed by atoms with Crippen LogP contribution >= 0.6 is 0 Å². The van der Waals surface area contributed by atoms with E-state index in [1.807, 2.05) is 66.7 Å². The molecule has 0 saturated carbocycles. The van der Waals surface area contributed by atoms with Crippen LogP contribution in [0.15, 0.2) is 78.9 Å². The summed E-state index contributed by atoms with van der Waals surface area (Å²) in [6, 6.07) is 25.4. The highest BCUT2D eigenvalue weighted by Crippen LogP contribution is 2.19. The summed E-state index contributed by atoms with van der Waals surface area (Å²) in [7, 11) is 1.64. The molecule has 0 fully saturated rings. The van der Waals surface area contributed by atoms with Gasteiger partial charge in [-0.05, 0) is 41.0 Å². The van der Waals surface area contributed by atoms with Crippen molar-refractivity contribution in [2.24, 2.45) is 0 Å². The Hall–Kier alpha value is -3.11. The van der Waals surface area contributed by atoms with E-state index in [0.717, 1.165) is 22.4 Å². The summed E-state index contributed by atoms with van der Waals surface area (Å²) in [5, 5.41) is 2.95. The fourth-order valence-corrected chi connectivity index (χ4v) is 2.68. The van der Waals surface area contributed by atoms with Crippen LogP contribution in [-0.4, -0.2) is 26.2 Å². The second kappa shape index (κ2) is 9.55. The summed E-state index contributed by atoms with van der Waals surface area (Å²) in [6.07, 6.45) is 0. The molecule has 0 aliphatic heterocycles. The maximum atomic E-state index is 12.4. The van der Waals surface area contributed by atoms with E-state index in [1.54, 1.807) is 7.11 Å². The molecule has 0 aromatic heterocycles. The van der Waals surface area contributed by atoms with Crippen LogP contribution in [-0.2, 0) is 11.3 Å². The lowest BCUT2D eigenvalue weighted by molar-refractivity contribution is 0.0951. The van der Waals surface area contributed by atoms with Crippen molar-refractivity contribution in [3.8, 4) is 16.9 Å². The first-order valence-electron chi connectivity index (χ1n) is 8.90. The van der Waals surface area contributed by atoms with E-state index in [4.69, 9.17) is 9.47 Å². The monoisotopic (exact) mass is 361 g/mol. The van der Waals surface area contributed by atoms with Gasteiger partial charge in [0.15, 0.2) is 0 Å². The zero-order valence-electron chi connectivity index (χ0n) is 15.4. The third-order valence-electron chi connectivity index (χ3n) is 4.19. The Morgan fingerprint density at radius 2 is 1.48 bits per heavy atom. The summed E-state index contributed by atoms with van der Waals surface area (Å²) in [6.45, 7) is 1.55. The summed E-state index contributed by atoms with van der Waals surface area (Å²) in [5.41, 5.74) is 3.89. The highest BCUT2D eigenvalue weighted by molar-refractivity contribution is 5.94. The number of carbonyl (C=O) groups is 1. The molecule has 4 heteroatoms. The van der Waals surface area contributed by atoms with Gasteiger partial charge < -0.3 is 14.8 Å². The maximum Gasteiger partial charge on any atom is 0.251 e. The van der Waals surface area contributed by atoms with E-state index in [0.29, 0.717) is 25.3 Å². The van der Waals surface area contributed by atoms with Gasteiger partial charge >= 0.3 is 0 Å². The minimum Gasteiger partial charge on any atom is -0.491 e. The molecule has 0 atom stereocenters. The predicted octanol–water partition coefficient (Wildman–Crippen LogP) is 4.31. The topological polar surface area (TPSA) is 47.6 Å². The van der Waals surface area contributed by atoms with E-state index in [2.05, 4.69) is 17.4 Å². The smallest absolute Gasteiger partial charge is 0.251 e. The van der Waals surface area contributed by atoms with Crippen molar-refractivity contribution in [2.45, 2.75) is 6.54 Å². The van der Waals surface area contributed by atoms with Gasteiger partial charge in [0.2, 0.25) is 0 Å². The molecular weight excluding hydrogens is 338 g/mol. The Morgan fingerprint density at radius 1 is 0.815 bits per heavy atom. The minimum absolute atomic E-state index is 0.0879. The maximum absolute atomic E-state index is 12.4. The van der Waals surface area contributed by atoms with Crippen molar-refractivity contribution in [2.75, 3.05) is 20.3 Å². The molecule has 0 aliphatic rings. The van der Waals surface area contributed by atoms with E-state index in [9.17, 15) is 4.79 Å². The summed E-state index contributed by atoms with van der Waals surface area (Å²) < 4.78 is 10.5. The number of ether oxygens (including phenoxy) is 2. The Morgan fingerprint density at radius 3 is 2.15 bits per heavy atom. The fourth-order valence-electron chi connectivity index (χ4n) is 2.68. The first kappa shape index (κ1) is 18.7. The Balaban J connectivity index is 1.53. The fraction of sp³-hybridized carbons (Fsp3) is 0.174. The molecule has 3 rings (SSSR count). The molecule has 4 nitrogen and oxygen atoms in total. The third-order valence-corrected chi connectivity index (χ3v) is 4.19. The van der Waals surface area contributed by atoms with Crippen LogP contribution in [0, 0.1) is 0 Å². The minimum atomic E-state index is -0.0879. The van der Waals surface area contributed by atoms with Gasteiger partial charge in [-0.15, -0.1) is 0 Å². The number of hydrogen-bond donors (Lipinski definition) is 1. The van der Waals surface area contributed by atoms with E-state index < -0.39 is 0 Å². The molecule has 27 heavy (non-hydrogen) atoms. The van der Waals surface area contributed by atoms with Crippen molar-refractivity contribution < 1.29 is 14.3 Å². The second-order valence-corrected chi connectivity index (χ2v) is 6.11. The van der Waals surface area contributed by atoms with Crippen molar-refractivity contribution in [1.29, 1.82) is 0 Å². The zero-order chi connectivity index (χ0) is 18.9. The average Bonchev–Trinajstić information content (AvgIpc) is 2.74. The Bertz CT molecular complexity index is 843. The van der Waals surface area contributed by atoms with Gasteiger partial charge in [-0.25, -0.2) is 0 Å². The lowest BCUT2D eigenvalue weighted by atomic mass is 10.0. The normalized spacial score (nSPS) is 10.4. The lowest BCUT2D eigenvalue weighted by Gasteiger charge is -2.08. The van der Waals surface area contributed by atoms with Crippen LogP contribution in [0.1, 0.15) is 15.9 Å². The van der Waals surface area contributed by atoms with Crippen LogP contribution in [0.3, 0.4) is 0 Å². The number of hydrogen-bond acceptors (Lipinski definition) is 3. The van der Waals surface area contributed by atoms with Gasteiger partial charge in [0.1, 0.15) is 12.4 Å². The number of nitrogens with one attached hydrogen (secondary N) is 1. The molecule has 0 aliphatic carbocycles. The SMILES string of the molecule is COCCOc1ccc(CNC(=O)c2ccc(-c3ccccc3)cc2)cc1. The lowest BCUT2D eigenvalue weighted by Crippen LogP contribution is -2.22. The molecule has 1 amide bonds. The number of methoxy groups -OCH3 is 1. The van der Waals surface area contributed by atoms with E-state index in [1.165, 1.54) is 0 Å². The van der Waals surface area contributed by atoms with Crippen molar-refractivity contribution in [3.05, 3.63) is 90.0 Å². The molecule has 0 radical (unpaired) electrons. The van der Waals surface area contributed by atoms with Crippen molar-refractivity contribution >= 4 is 5.91 Å². The first-order chi connectivity index (χ1) is 13.3. The predicted molar refractivity (Wildman–Crippen MR) is 107 cm³/mol. The van der Waals surface area contributed by atoms with E-state index in [-0.39, 0.29) is 5.91 Å². The van der Waals surface area contributed by atoms with Crippen LogP contribution in [0.5, 0.6) is 5.75 Å². The summed E-state index contributed by atoms with van der Waals surface area (Å²) >= 11 is 0. The quantitative estimate of drug-likeness (QED) is 0.608. The Labute approximate surface area is 159 Å². The summed E-state index contributed by atoms with van der Waals surface area (Å²) in [4.78, 5) is 12.4. The highest BCUT2D eigenvalue weighted by Gasteiger charge is 2.06. The number of rotatable bonds is 8. The standard InChI is InChI=1S/C23H23NO3/c1-26-15-16-27-22-13-7-18(8-14-22)17-24-23(25)21-11-9-20(10-12-21)19-5-3-2-4-6-19/h2-14H,15-17H2,1H3,(H,24,25). The second-order valence-electron chi connectivity index (χ2n) is 6.11. The van der Waals surface area contributed by atoms with Gasteiger partial charge in [0.05, 0.1) is 6.61 Å². The van der Waals surface area contributed by atoms with Crippen molar-refractivity contribution in [1.82, 2.24) is 5.32 Å². The molecule has 3 aromatic carbocycles. The number of carbonyl (C=O) groups excluding carboxylic acids is 1. The van der Waals surface area contributed by atoms with Gasteiger partial charge in [-0.2, -0.15) is 0 Å². The third kappa shape index (κ3) is 5.43. The molecule has 0 unspecified atom stereocenters. The molecule has 0 saturated heterocycles. The largest absolute Gasteiger partial charge is 0.491 e. The molecule has 0 spiro atoms. The van der Waals surface area contributed by atoms with Crippen LogP contribution < -0.4 is 10.1 Å². The van der Waals surface area contributed by atoms with Gasteiger partial charge in [-0.3, -0.25) is 4.79 Å². The van der Waals surface area contributed by atoms with Gasteiger partial charge in [-0.1, -0.05) is 54.6 Å². The molecule has 0 bridgehead atoms. The molecule has 0 heterocycles. The van der Waals surface area contributed by atoms with E-state index >= 15 is 0 Å². The highest BCUT2D eigenvalue weighted by atomic mass is 16.5.